The lowest BCUT2D eigenvalue weighted by Crippen LogP contribution is -2.34. The molecule has 0 saturated heterocycles. The van der Waals surface area contributed by atoms with E-state index in [2.05, 4.69) is 30.7 Å². The van der Waals surface area contributed by atoms with Gasteiger partial charge in [-0.2, -0.15) is 13.2 Å². The molecule has 1 N–H and O–H groups in total. The Morgan fingerprint density at radius 3 is 2.61 bits per heavy atom. The van der Waals surface area contributed by atoms with Crippen molar-refractivity contribution >= 4 is 27.8 Å². The van der Waals surface area contributed by atoms with Gasteiger partial charge in [0, 0.05) is 4.47 Å². The van der Waals surface area contributed by atoms with Crippen LogP contribution in [-0.4, -0.2) is 38.4 Å². The Morgan fingerprint density at radius 1 is 1.35 bits per heavy atom. The molecule has 0 radical (unpaired) electrons. The third kappa shape index (κ3) is 7.98. The first-order valence-electron chi connectivity index (χ1n) is 6.47. The third-order valence-corrected chi connectivity index (χ3v) is 3.18. The maximum atomic E-state index is 12.0. The molecule has 23 heavy (non-hydrogen) atoms. The molecule has 1 amide bonds. The van der Waals surface area contributed by atoms with Crippen molar-refractivity contribution in [3.05, 3.63) is 34.3 Å². The first-order valence-corrected chi connectivity index (χ1v) is 7.26. The van der Waals surface area contributed by atoms with Gasteiger partial charge >= 0.3 is 12.1 Å². The number of halogens is 4. The highest BCUT2D eigenvalue weighted by atomic mass is 79.9. The lowest BCUT2D eigenvalue weighted by molar-refractivity contribution is -0.175. The fourth-order valence-corrected chi connectivity index (χ4v) is 2.14. The summed E-state index contributed by atoms with van der Waals surface area (Å²) in [6, 6.07) is 6.09. The number of amides is 1. The summed E-state index contributed by atoms with van der Waals surface area (Å²) >= 11 is 3.27. The van der Waals surface area contributed by atoms with E-state index in [0.29, 0.717) is 5.56 Å². The van der Waals surface area contributed by atoms with Crippen LogP contribution in [0.4, 0.5) is 13.2 Å². The number of esters is 1. The number of rotatable bonds is 7. The molecule has 5 nitrogen and oxygen atoms in total. The highest BCUT2D eigenvalue weighted by molar-refractivity contribution is 9.10. The van der Waals surface area contributed by atoms with Crippen molar-refractivity contribution in [1.29, 1.82) is 0 Å². The van der Waals surface area contributed by atoms with Gasteiger partial charge in [0.2, 0.25) is 5.91 Å². The first-order chi connectivity index (χ1) is 10.7. The fourth-order valence-electron chi connectivity index (χ4n) is 1.72. The second kappa shape index (κ2) is 8.88. The van der Waals surface area contributed by atoms with E-state index in [9.17, 15) is 22.8 Å². The Labute approximate surface area is 139 Å². The predicted octanol–water partition coefficient (Wildman–Crippen LogP) is 2.75. The molecule has 0 heterocycles. The summed E-state index contributed by atoms with van der Waals surface area (Å²) in [6.45, 7) is -2.27. The number of hydrogen-bond acceptors (Lipinski definition) is 4. The lowest BCUT2D eigenvalue weighted by atomic mass is 10.0. The van der Waals surface area contributed by atoms with Gasteiger partial charge in [0.05, 0.1) is 19.6 Å². The molecule has 1 rings (SSSR count). The van der Waals surface area contributed by atoms with E-state index >= 15 is 0 Å². The SMILES string of the molecule is COC(=O)CC(NC(=O)COCC(F)(F)F)c1cccc(Br)c1. The topological polar surface area (TPSA) is 64.6 Å². The minimum atomic E-state index is -4.50. The smallest absolute Gasteiger partial charge is 0.411 e. The van der Waals surface area contributed by atoms with E-state index < -0.39 is 37.3 Å². The molecule has 0 bridgehead atoms. The van der Waals surface area contributed by atoms with Crippen LogP contribution in [0.5, 0.6) is 0 Å². The first kappa shape index (κ1) is 19.4. The Morgan fingerprint density at radius 2 is 2.04 bits per heavy atom. The molecule has 0 spiro atoms. The molecule has 1 unspecified atom stereocenters. The number of hydrogen-bond donors (Lipinski definition) is 1. The van der Waals surface area contributed by atoms with E-state index in [1.165, 1.54) is 7.11 Å². The normalized spacial score (nSPS) is 12.6. The van der Waals surface area contributed by atoms with Crippen LogP contribution >= 0.6 is 15.9 Å². The van der Waals surface area contributed by atoms with Crippen molar-refractivity contribution in [2.45, 2.75) is 18.6 Å². The zero-order valence-electron chi connectivity index (χ0n) is 12.2. The zero-order chi connectivity index (χ0) is 17.5. The molecular weight excluding hydrogens is 383 g/mol. The highest BCUT2D eigenvalue weighted by Gasteiger charge is 2.28. The molecule has 1 aromatic rings. The van der Waals surface area contributed by atoms with Gasteiger partial charge in [-0.25, -0.2) is 0 Å². The molecule has 1 atom stereocenters. The Balaban J connectivity index is 2.69. The number of ether oxygens (including phenoxy) is 2. The molecule has 0 aliphatic heterocycles. The number of methoxy groups -OCH3 is 1. The lowest BCUT2D eigenvalue weighted by Gasteiger charge is -2.18. The number of nitrogens with one attached hydrogen (secondary N) is 1. The van der Waals surface area contributed by atoms with E-state index in [1.54, 1.807) is 24.3 Å². The van der Waals surface area contributed by atoms with Gasteiger partial charge in [0.1, 0.15) is 13.2 Å². The van der Waals surface area contributed by atoms with Crippen LogP contribution in [0.15, 0.2) is 28.7 Å². The summed E-state index contributed by atoms with van der Waals surface area (Å²) < 4.78 is 45.5. The minimum absolute atomic E-state index is 0.155. The van der Waals surface area contributed by atoms with Crippen LogP contribution in [-0.2, 0) is 19.1 Å². The van der Waals surface area contributed by atoms with Crippen LogP contribution in [0.2, 0.25) is 0 Å². The largest absolute Gasteiger partial charge is 0.469 e. The van der Waals surface area contributed by atoms with Gasteiger partial charge in [-0.3, -0.25) is 9.59 Å². The van der Waals surface area contributed by atoms with Crippen molar-refractivity contribution in [3.8, 4) is 0 Å². The molecule has 0 saturated carbocycles. The summed E-state index contributed by atoms with van der Waals surface area (Å²) in [5.41, 5.74) is 0.606. The Hall–Kier alpha value is -1.61. The van der Waals surface area contributed by atoms with E-state index in [4.69, 9.17) is 0 Å². The van der Waals surface area contributed by atoms with Gasteiger partial charge in [-0.05, 0) is 17.7 Å². The number of carbonyl (C=O) groups is 2. The standard InChI is InChI=1S/C14H15BrF3NO4/c1-22-13(21)6-11(9-3-2-4-10(15)5-9)19-12(20)7-23-8-14(16,17)18/h2-5,11H,6-8H2,1H3,(H,19,20). The van der Waals surface area contributed by atoms with E-state index in [1.807, 2.05) is 0 Å². The average Bonchev–Trinajstić information content (AvgIpc) is 2.45. The second-order valence-electron chi connectivity index (χ2n) is 4.56. The Bertz CT molecular complexity index is 551. The summed E-state index contributed by atoms with van der Waals surface area (Å²) in [7, 11) is 1.20. The summed E-state index contributed by atoms with van der Waals surface area (Å²) in [6.07, 6.45) is -4.66. The summed E-state index contributed by atoms with van der Waals surface area (Å²) in [5.74, 6) is -1.32. The van der Waals surface area contributed by atoms with Crippen LogP contribution in [0, 0.1) is 0 Å². The monoisotopic (exact) mass is 397 g/mol. The predicted molar refractivity (Wildman–Crippen MR) is 78.5 cm³/mol. The molecule has 0 fully saturated rings. The molecule has 1 aromatic carbocycles. The fraction of sp³-hybridized carbons (Fsp3) is 0.429. The van der Waals surface area contributed by atoms with Crippen LogP contribution < -0.4 is 5.32 Å². The molecule has 128 valence electrons. The zero-order valence-corrected chi connectivity index (χ0v) is 13.7. The number of carbonyl (C=O) groups excluding carboxylic acids is 2. The molecular formula is C14H15BrF3NO4. The van der Waals surface area contributed by atoms with Crippen LogP contribution in [0.1, 0.15) is 18.0 Å². The average molecular weight is 398 g/mol. The Kier molecular flexibility index (Phi) is 7.50. The number of alkyl halides is 3. The minimum Gasteiger partial charge on any atom is -0.469 e. The van der Waals surface area contributed by atoms with Gasteiger partial charge in [0.15, 0.2) is 0 Å². The van der Waals surface area contributed by atoms with Gasteiger partial charge < -0.3 is 14.8 Å². The maximum absolute atomic E-state index is 12.0. The highest BCUT2D eigenvalue weighted by Crippen LogP contribution is 2.21. The van der Waals surface area contributed by atoms with Crippen molar-refractivity contribution in [3.63, 3.8) is 0 Å². The van der Waals surface area contributed by atoms with Crippen LogP contribution in [0.3, 0.4) is 0 Å². The van der Waals surface area contributed by atoms with Gasteiger partial charge in [0.25, 0.3) is 0 Å². The quantitative estimate of drug-likeness (QED) is 0.718. The van der Waals surface area contributed by atoms with Crippen molar-refractivity contribution < 1.29 is 32.2 Å². The van der Waals surface area contributed by atoms with Crippen molar-refractivity contribution in [2.24, 2.45) is 0 Å². The number of benzene rings is 1. The summed E-state index contributed by atoms with van der Waals surface area (Å²) in [5, 5.41) is 2.46. The molecule has 9 heteroatoms. The molecule has 0 aliphatic carbocycles. The van der Waals surface area contributed by atoms with Gasteiger partial charge in [-0.15, -0.1) is 0 Å². The maximum Gasteiger partial charge on any atom is 0.411 e. The molecule has 0 aromatic heterocycles. The van der Waals surface area contributed by atoms with Crippen molar-refractivity contribution in [2.75, 3.05) is 20.3 Å². The van der Waals surface area contributed by atoms with Gasteiger partial charge in [-0.1, -0.05) is 28.1 Å². The van der Waals surface area contributed by atoms with Crippen molar-refractivity contribution in [1.82, 2.24) is 5.32 Å². The molecule has 0 aliphatic rings. The van der Waals surface area contributed by atoms with E-state index in [-0.39, 0.29) is 6.42 Å². The van der Waals surface area contributed by atoms with E-state index in [0.717, 1.165) is 4.47 Å². The summed E-state index contributed by atoms with van der Waals surface area (Å²) in [4.78, 5) is 23.1. The van der Waals surface area contributed by atoms with Crippen LogP contribution in [0.25, 0.3) is 0 Å². The third-order valence-electron chi connectivity index (χ3n) is 2.68. The second-order valence-corrected chi connectivity index (χ2v) is 5.48.